The number of aromatic nitrogens is 2. The van der Waals surface area contributed by atoms with Crippen LogP contribution in [0, 0.1) is 0 Å². The zero-order chi connectivity index (χ0) is 28.9. The summed E-state index contributed by atoms with van der Waals surface area (Å²) in [5, 5.41) is 4.32. The molecule has 1 fully saturated rings. The van der Waals surface area contributed by atoms with Gasteiger partial charge in [-0.2, -0.15) is 4.98 Å². The second-order valence-electron chi connectivity index (χ2n) is 12.2. The molecule has 0 N–H and O–H groups in total. The van der Waals surface area contributed by atoms with Gasteiger partial charge in [-0.3, -0.25) is 4.90 Å². The van der Waals surface area contributed by atoms with E-state index in [0.29, 0.717) is 24.7 Å². The second-order valence-corrected chi connectivity index (χ2v) is 17.0. The van der Waals surface area contributed by atoms with Gasteiger partial charge in [-0.15, -0.1) is 0 Å². The molecule has 1 unspecified atom stereocenters. The summed E-state index contributed by atoms with van der Waals surface area (Å²) in [6.45, 7) is 16.1. The van der Waals surface area contributed by atoms with Gasteiger partial charge in [0.1, 0.15) is 6.61 Å². The van der Waals surface area contributed by atoms with Crippen LogP contribution in [-0.2, 0) is 22.2 Å². The minimum atomic E-state index is -1.87. The number of nitrogens with zero attached hydrogens (tertiary/aromatic N) is 4. The van der Waals surface area contributed by atoms with Crippen molar-refractivity contribution in [2.24, 2.45) is 0 Å². The Morgan fingerprint density at radius 1 is 1.18 bits per heavy atom. The summed E-state index contributed by atoms with van der Waals surface area (Å²) in [6.07, 6.45) is 1.51. The number of likely N-dealkylation sites (tertiary alicyclic amines) is 1. The van der Waals surface area contributed by atoms with Gasteiger partial charge in [0.15, 0.2) is 8.32 Å². The third kappa shape index (κ3) is 7.38. The van der Waals surface area contributed by atoms with E-state index in [-0.39, 0.29) is 29.9 Å². The maximum atomic E-state index is 13.3. The average Bonchev–Trinajstić information content (AvgIpc) is 3.59. The van der Waals surface area contributed by atoms with Crippen LogP contribution in [0.25, 0.3) is 11.4 Å². The van der Waals surface area contributed by atoms with Crippen LogP contribution >= 0.6 is 0 Å². The smallest absolute Gasteiger partial charge is 0.410 e. The van der Waals surface area contributed by atoms with Gasteiger partial charge in [-0.05, 0) is 41.7 Å². The number of aryl methyl sites for hydroxylation is 1. The van der Waals surface area contributed by atoms with Crippen molar-refractivity contribution in [3.63, 3.8) is 0 Å². The van der Waals surface area contributed by atoms with Crippen molar-refractivity contribution < 1.29 is 18.5 Å². The molecule has 4 rings (SSSR count). The van der Waals surface area contributed by atoms with E-state index in [9.17, 15) is 4.79 Å². The van der Waals surface area contributed by atoms with E-state index < -0.39 is 8.32 Å². The van der Waals surface area contributed by atoms with Crippen LogP contribution in [0.5, 0.6) is 0 Å². The highest BCUT2D eigenvalue weighted by molar-refractivity contribution is 6.74. The Balaban J connectivity index is 1.53. The van der Waals surface area contributed by atoms with Gasteiger partial charge in [0, 0.05) is 38.7 Å². The van der Waals surface area contributed by atoms with Crippen LogP contribution in [0.15, 0.2) is 59.1 Å². The lowest BCUT2D eigenvalue weighted by molar-refractivity contribution is 0.0819. The summed E-state index contributed by atoms with van der Waals surface area (Å²) >= 11 is 0. The molecule has 0 saturated carbocycles. The molecule has 1 aromatic heterocycles. The fourth-order valence-electron chi connectivity index (χ4n) is 4.70. The monoisotopic (exact) mass is 564 g/mol. The lowest BCUT2D eigenvalue weighted by Crippen LogP contribution is -2.45. The summed E-state index contributed by atoms with van der Waals surface area (Å²) in [6, 6.07) is 17.6. The molecule has 40 heavy (non-hydrogen) atoms. The van der Waals surface area contributed by atoms with Crippen LogP contribution in [0.4, 0.5) is 4.79 Å². The Hall–Kier alpha value is -3.01. The Kier molecular flexibility index (Phi) is 9.48. The first kappa shape index (κ1) is 30.0. The average molecular weight is 565 g/mol. The zero-order valence-electron chi connectivity index (χ0n) is 25.0. The number of hydrogen-bond donors (Lipinski definition) is 0. The molecule has 216 valence electrons. The predicted octanol–water partition coefficient (Wildman–Crippen LogP) is 6.70. The predicted molar refractivity (Wildman–Crippen MR) is 159 cm³/mol. The zero-order valence-corrected chi connectivity index (χ0v) is 26.0. The highest BCUT2D eigenvalue weighted by Gasteiger charge is 2.41. The van der Waals surface area contributed by atoms with E-state index in [1.165, 1.54) is 0 Å². The second kappa shape index (κ2) is 12.7. The molecule has 3 aromatic rings. The van der Waals surface area contributed by atoms with E-state index in [1.54, 1.807) is 4.90 Å². The summed E-state index contributed by atoms with van der Waals surface area (Å²) < 4.78 is 17.8. The van der Waals surface area contributed by atoms with Gasteiger partial charge in [-0.25, -0.2) is 4.79 Å². The quantitative estimate of drug-likeness (QED) is 0.253. The molecule has 1 aliphatic heterocycles. The highest BCUT2D eigenvalue weighted by atomic mass is 28.4. The van der Waals surface area contributed by atoms with Crippen molar-refractivity contribution in [3.05, 3.63) is 71.6 Å². The van der Waals surface area contributed by atoms with E-state index in [0.717, 1.165) is 36.2 Å². The molecule has 2 atom stereocenters. The van der Waals surface area contributed by atoms with Crippen molar-refractivity contribution >= 4 is 14.4 Å². The highest BCUT2D eigenvalue weighted by Crippen LogP contribution is 2.38. The van der Waals surface area contributed by atoms with Crippen LogP contribution < -0.4 is 0 Å². The number of benzene rings is 2. The summed E-state index contributed by atoms with van der Waals surface area (Å²) in [5.41, 5.74) is 2.81. The van der Waals surface area contributed by atoms with E-state index in [2.05, 4.69) is 61.0 Å². The molecule has 1 aliphatic rings. The maximum absolute atomic E-state index is 13.3. The van der Waals surface area contributed by atoms with Gasteiger partial charge < -0.3 is 18.6 Å². The van der Waals surface area contributed by atoms with Gasteiger partial charge in [0.25, 0.3) is 0 Å². The number of ether oxygens (including phenoxy) is 1. The van der Waals surface area contributed by atoms with Crippen LogP contribution in [-0.4, -0.2) is 67.1 Å². The largest absolute Gasteiger partial charge is 0.445 e. The van der Waals surface area contributed by atoms with Crippen molar-refractivity contribution in [3.8, 4) is 11.4 Å². The van der Waals surface area contributed by atoms with Gasteiger partial charge >= 0.3 is 6.09 Å². The van der Waals surface area contributed by atoms with Crippen LogP contribution in [0.3, 0.4) is 0 Å². The number of carbonyl (C=O) groups excluding carboxylic acids is 1. The Morgan fingerprint density at radius 3 is 2.60 bits per heavy atom. The standard InChI is InChI=1S/C31H44N4O4Si/c1-8-28-32-29(33-38-28)25-16-12-15-24(19-25)27(34(5)30(36)37-22-23-13-10-9-11-14-23)21-35-18-17-26(20-35)39-40(6,7)31(2,3)4/h9-16,19,26-27H,8,17-18,20-22H2,1-7H3/t26-,27?/m0/s1. The lowest BCUT2D eigenvalue weighted by atomic mass is 10.0. The van der Waals surface area contributed by atoms with Gasteiger partial charge in [-0.1, -0.05) is 81.4 Å². The molecule has 0 bridgehead atoms. The molecule has 8 nitrogen and oxygen atoms in total. The molecule has 0 aliphatic carbocycles. The van der Waals surface area contributed by atoms with Gasteiger partial charge in [0.05, 0.1) is 12.1 Å². The fourth-order valence-corrected chi connectivity index (χ4v) is 6.08. The number of likely N-dealkylation sites (N-methyl/N-ethyl adjacent to an activating group) is 1. The Labute approximate surface area is 239 Å². The topological polar surface area (TPSA) is 80.9 Å². The first-order valence-corrected chi connectivity index (χ1v) is 17.1. The molecule has 2 heterocycles. The summed E-state index contributed by atoms with van der Waals surface area (Å²) in [4.78, 5) is 21.9. The molecular formula is C31H44N4O4Si. The van der Waals surface area contributed by atoms with Crippen LogP contribution in [0.1, 0.15) is 57.2 Å². The summed E-state index contributed by atoms with van der Waals surface area (Å²) in [7, 11) is -0.0529. The van der Waals surface area contributed by atoms with Crippen LogP contribution in [0.2, 0.25) is 18.1 Å². The number of amides is 1. The summed E-state index contributed by atoms with van der Waals surface area (Å²) in [5.74, 6) is 1.15. The van der Waals surface area contributed by atoms with E-state index in [4.69, 9.17) is 13.7 Å². The van der Waals surface area contributed by atoms with E-state index in [1.807, 2.05) is 56.4 Å². The SMILES string of the molecule is CCc1nc(-c2cccc(C(CN3CC[C@H](O[Si](C)(C)C(C)(C)C)C3)N(C)C(=O)OCc3ccccc3)c2)no1. The Bertz CT molecular complexity index is 1260. The first-order chi connectivity index (χ1) is 19.0. The molecule has 1 saturated heterocycles. The van der Waals surface area contributed by atoms with Crippen molar-refractivity contribution in [1.29, 1.82) is 0 Å². The third-order valence-electron chi connectivity index (χ3n) is 8.19. The molecule has 9 heteroatoms. The molecule has 2 aromatic carbocycles. The molecular weight excluding hydrogens is 520 g/mol. The minimum absolute atomic E-state index is 0.166. The number of carbonyl (C=O) groups is 1. The fraction of sp³-hybridized carbons (Fsp3) is 0.516. The van der Waals surface area contributed by atoms with Gasteiger partial charge in [0.2, 0.25) is 11.7 Å². The lowest BCUT2D eigenvalue weighted by Gasteiger charge is -2.38. The van der Waals surface area contributed by atoms with Crippen molar-refractivity contribution in [1.82, 2.24) is 19.9 Å². The molecule has 0 radical (unpaired) electrons. The normalized spacial score (nSPS) is 17.1. The maximum Gasteiger partial charge on any atom is 0.410 e. The van der Waals surface area contributed by atoms with Crippen molar-refractivity contribution in [2.45, 2.75) is 77.4 Å². The first-order valence-electron chi connectivity index (χ1n) is 14.2. The van der Waals surface area contributed by atoms with E-state index >= 15 is 0 Å². The molecule has 0 spiro atoms. The third-order valence-corrected chi connectivity index (χ3v) is 12.7. The van der Waals surface area contributed by atoms with Crippen molar-refractivity contribution in [2.75, 3.05) is 26.7 Å². The number of hydrogen-bond acceptors (Lipinski definition) is 7. The minimum Gasteiger partial charge on any atom is -0.445 e. The molecule has 1 amide bonds. The number of rotatable bonds is 10. The Morgan fingerprint density at radius 2 is 1.93 bits per heavy atom.